The van der Waals surface area contributed by atoms with E-state index in [1.807, 2.05) is 37.2 Å². The number of fused-ring (bicyclic) bond motifs is 1. The molecule has 0 radical (unpaired) electrons. The number of hydrogen-bond donors (Lipinski definition) is 0. The van der Waals surface area contributed by atoms with Crippen LogP contribution in [0.4, 0.5) is 10.1 Å². The van der Waals surface area contributed by atoms with Crippen molar-refractivity contribution < 1.29 is 14.5 Å². The number of nitrogens with zero attached hydrogens (tertiary/aromatic N) is 4. The van der Waals surface area contributed by atoms with E-state index in [9.17, 15) is 14.9 Å². The SMILES string of the molecule is COc1cccc2sc(N(CCN(C)C)C(=O)C=Cc3ccc([N+](=O)[O-])s3)nc12. The number of aromatic nitrogens is 1. The molecule has 2 aromatic heterocycles. The lowest BCUT2D eigenvalue weighted by Crippen LogP contribution is -2.35. The lowest BCUT2D eigenvalue weighted by Gasteiger charge is -2.20. The Morgan fingerprint density at radius 2 is 2.03 bits per heavy atom. The van der Waals surface area contributed by atoms with Gasteiger partial charge >= 0.3 is 5.00 Å². The molecule has 0 aliphatic rings. The van der Waals surface area contributed by atoms with Crippen molar-refractivity contribution in [2.45, 2.75) is 0 Å². The zero-order chi connectivity index (χ0) is 21.0. The summed E-state index contributed by atoms with van der Waals surface area (Å²) in [7, 11) is 5.46. The fourth-order valence-corrected chi connectivity index (χ4v) is 4.30. The molecule has 0 N–H and O–H groups in total. The molecular weight excluding hydrogens is 412 g/mol. The van der Waals surface area contributed by atoms with Gasteiger partial charge in [0.2, 0.25) is 0 Å². The second-order valence-corrected chi connectivity index (χ2v) is 8.47. The van der Waals surface area contributed by atoms with E-state index in [2.05, 4.69) is 4.98 Å². The molecule has 8 nitrogen and oxygen atoms in total. The third-order valence-corrected chi connectivity index (χ3v) is 6.09. The number of nitro groups is 1. The van der Waals surface area contributed by atoms with Crippen LogP contribution in [0.3, 0.4) is 0 Å². The number of benzene rings is 1. The van der Waals surface area contributed by atoms with Gasteiger partial charge in [0.05, 0.1) is 16.7 Å². The summed E-state index contributed by atoms with van der Waals surface area (Å²) in [6.45, 7) is 1.13. The van der Waals surface area contributed by atoms with Crippen LogP contribution in [0.15, 0.2) is 36.4 Å². The standard InChI is InChI=1S/C19H20N4O4S2/c1-21(2)11-12-22(16(24)9-7-13-8-10-17(28-13)23(25)26)19-20-18-14(27-3)5-4-6-15(18)29-19/h4-10H,11-12H2,1-3H3. The van der Waals surface area contributed by atoms with Crippen LogP contribution >= 0.6 is 22.7 Å². The fraction of sp³-hybridized carbons (Fsp3) is 0.263. The highest BCUT2D eigenvalue weighted by Gasteiger charge is 2.19. The van der Waals surface area contributed by atoms with Crippen LogP contribution in [-0.2, 0) is 4.79 Å². The third kappa shape index (κ3) is 4.97. The number of thiophene rings is 1. The van der Waals surface area contributed by atoms with Gasteiger partial charge in [-0.25, -0.2) is 4.98 Å². The Balaban J connectivity index is 1.88. The van der Waals surface area contributed by atoms with Crippen molar-refractivity contribution in [3.63, 3.8) is 0 Å². The van der Waals surface area contributed by atoms with Gasteiger partial charge in [-0.1, -0.05) is 28.7 Å². The molecule has 0 fully saturated rings. The van der Waals surface area contributed by atoms with Crippen molar-refractivity contribution >= 4 is 55.0 Å². The van der Waals surface area contributed by atoms with Crippen LogP contribution in [-0.4, -0.2) is 55.0 Å². The Hall–Kier alpha value is -2.82. The number of para-hydroxylation sites is 1. The molecule has 3 aromatic rings. The summed E-state index contributed by atoms with van der Waals surface area (Å²) in [6.07, 6.45) is 3.02. The Kier molecular flexibility index (Phi) is 6.57. The van der Waals surface area contributed by atoms with Crippen molar-refractivity contribution in [3.05, 3.63) is 51.4 Å². The Morgan fingerprint density at radius 1 is 1.24 bits per heavy atom. The molecule has 2 heterocycles. The van der Waals surface area contributed by atoms with Crippen molar-refractivity contribution in [2.75, 3.05) is 39.2 Å². The second kappa shape index (κ2) is 9.12. The van der Waals surface area contributed by atoms with E-state index in [0.29, 0.717) is 28.8 Å². The largest absolute Gasteiger partial charge is 0.494 e. The molecule has 3 rings (SSSR count). The Labute approximate surface area is 175 Å². The normalized spacial score (nSPS) is 11.4. The van der Waals surface area contributed by atoms with Crippen LogP contribution in [0, 0.1) is 10.1 Å². The first-order chi connectivity index (χ1) is 13.9. The second-order valence-electron chi connectivity index (χ2n) is 6.36. The summed E-state index contributed by atoms with van der Waals surface area (Å²) in [5, 5.41) is 11.5. The monoisotopic (exact) mass is 432 g/mol. The number of carbonyl (C=O) groups is 1. The minimum atomic E-state index is -0.443. The Morgan fingerprint density at radius 3 is 2.69 bits per heavy atom. The molecule has 152 valence electrons. The summed E-state index contributed by atoms with van der Waals surface area (Å²) >= 11 is 2.44. The van der Waals surface area contributed by atoms with E-state index in [1.54, 1.807) is 24.2 Å². The van der Waals surface area contributed by atoms with Gasteiger partial charge in [-0.2, -0.15) is 0 Å². The molecule has 0 bridgehead atoms. The van der Waals surface area contributed by atoms with Crippen LogP contribution in [0.25, 0.3) is 16.3 Å². The summed E-state index contributed by atoms with van der Waals surface area (Å²) in [4.78, 5) is 32.2. The van der Waals surface area contributed by atoms with E-state index < -0.39 is 4.92 Å². The molecule has 1 aromatic carbocycles. The van der Waals surface area contributed by atoms with Crippen LogP contribution in [0.5, 0.6) is 5.75 Å². The molecule has 0 saturated heterocycles. The highest BCUT2D eigenvalue weighted by atomic mass is 32.1. The first-order valence-electron chi connectivity index (χ1n) is 8.71. The first kappa shape index (κ1) is 20.9. The number of thiazole rings is 1. The predicted molar refractivity (Wildman–Crippen MR) is 117 cm³/mol. The highest BCUT2D eigenvalue weighted by Crippen LogP contribution is 2.34. The van der Waals surface area contributed by atoms with Gasteiger partial charge in [0.25, 0.3) is 5.91 Å². The van der Waals surface area contributed by atoms with Crippen LogP contribution in [0.1, 0.15) is 4.88 Å². The molecule has 0 saturated carbocycles. The number of methoxy groups -OCH3 is 1. The summed E-state index contributed by atoms with van der Waals surface area (Å²) in [5.74, 6) is 0.423. The van der Waals surface area contributed by atoms with Crippen LogP contribution in [0.2, 0.25) is 0 Å². The number of rotatable bonds is 8. The lowest BCUT2D eigenvalue weighted by molar-refractivity contribution is -0.380. The molecule has 0 atom stereocenters. The molecule has 29 heavy (non-hydrogen) atoms. The molecule has 0 spiro atoms. The fourth-order valence-electron chi connectivity index (χ4n) is 2.57. The molecule has 0 aliphatic heterocycles. The number of likely N-dealkylation sites (N-methyl/N-ethyl adjacent to an activating group) is 1. The minimum Gasteiger partial charge on any atom is -0.494 e. The van der Waals surface area contributed by atoms with E-state index in [-0.39, 0.29) is 10.9 Å². The lowest BCUT2D eigenvalue weighted by atomic mass is 10.3. The van der Waals surface area contributed by atoms with Gasteiger partial charge in [-0.3, -0.25) is 19.8 Å². The zero-order valence-electron chi connectivity index (χ0n) is 16.2. The quantitative estimate of drug-likeness (QED) is 0.305. The highest BCUT2D eigenvalue weighted by molar-refractivity contribution is 7.22. The van der Waals surface area contributed by atoms with Gasteiger partial charge in [-0.05, 0) is 38.4 Å². The van der Waals surface area contributed by atoms with Gasteiger partial charge in [0.15, 0.2) is 5.13 Å². The number of ether oxygens (including phenoxy) is 1. The van der Waals surface area contributed by atoms with Crippen molar-refractivity contribution in [3.8, 4) is 5.75 Å². The number of amides is 1. The smallest absolute Gasteiger partial charge is 0.324 e. The van der Waals surface area contributed by atoms with E-state index >= 15 is 0 Å². The molecular formula is C19H20N4O4S2. The average molecular weight is 433 g/mol. The van der Waals surface area contributed by atoms with Gasteiger partial charge in [-0.15, -0.1) is 0 Å². The molecule has 0 unspecified atom stereocenters. The maximum absolute atomic E-state index is 12.9. The number of hydrogen-bond acceptors (Lipinski definition) is 8. The average Bonchev–Trinajstić information content (AvgIpc) is 3.33. The Bertz CT molecular complexity index is 1060. The maximum atomic E-state index is 12.9. The summed E-state index contributed by atoms with van der Waals surface area (Å²) in [6, 6.07) is 8.71. The number of carbonyl (C=O) groups excluding carboxylic acids is 1. The number of anilines is 1. The topological polar surface area (TPSA) is 88.8 Å². The van der Waals surface area contributed by atoms with E-state index in [4.69, 9.17) is 4.74 Å². The van der Waals surface area contributed by atoms with Crippen molar-refractivity contribution in [1.29, 1.82) is 0 Å². The van der Waals surface area contributed by atoms with Gasteiger partial charge in [0, 0.05) is 30.1 Å². The zero-order valence-corrected chi connectivity index (χ0v) is 17.8. The maximum Gasteiger partial charge on any atom is 0.324 e. The summed E-state index contributed by atoms with van der Waals surface area (Å²) in [5.41, 5.74) is 0.718. The predicted octanol–water partition coefficient (Wildman–Crippen LogP) is 3.88. The third-order valence-electron chi connectivity index (χ3n) is 4.04. The van der Waals surface area contributed by atoms with Crippen molar-refractivity contribution in [2.24, 2.45) is 0 Å². The molecule has 10 heteroatoms. The first-order valence-corrected chi connectivity index (χ1v) is 10.3. The molecule has 0 aliphatic carbocycles. The van der Waals surface area contributed by atoms with Crippen LogP contribution < -0.4 is 9.64 Å². The van der Waals surface area contributed by atoms with Gasteiger partial charge in [0.1, 0.15) is 11.3 Å². The van der Waals surface area contributed by atoms with Gasteiger partial charge < -0.3 is 9.64 Å². The van der Waals surface area contributed by atoms with E-state index in [0.717, 1.165) is 21.6 Å². The molecule has 1 amide bonds. The minimum absolute atomic E-state index is 0.0415. The van der Waals surface area contributed by atoms with Crippen molar-refractivity contribution in [1.82, 2.24) is 9.88 Å². The van der Waals surface area contributed by atoms with E-state index in [1.165, 1.54) is 23.5 Å². The summed E-state index contributed by atoms with van der Waals surface area (Å²) < 4.78 is 6.30.